The third-order valence-corrected chi connectivity index (χ3v) is 4.46. The fourth-order valence-corrected chi connectivity index (χ4v) is 2.92. The van der Waals surface area contributed by atoms with E-state index in [9.17, 15) is 17.6 Å². The molecule has 3 rings (SSSR count). The van der Waals surface area contributed by atoms with Crippen LogP contribution < -0.4 is 4.74 Å². The van der Waals surface area contributed by atoms with Gasteiger partial charge in [0.05, 0.1) is 6.61 Å². The van der Waals surface area contributed by atoms with Crippen molar-refractivity contribution in [2.75, 3.05) is 20.3 Å². The minimum Gasteiger partial charge on any atom is -0.494 e. The van der Waals surface area contributed by atoms with Crippen LogP contribution in [0.4, 0.5) is 17.6 Å². The SMILES string of the molecule is COCCCCOc1ccc(-c2ccc(-c3cc(F)c(F)c(F)c3)c(F)c2)cc1. The second-order valence-electron chi connectivity index (χ2n) is 6.52. The molecule has 0 aliphatic rings. The maximum Gasteiger partial charge on any atom is 0.194 e. The van der Waals surface area contributed by atoms with E-state index in [1.165, 1.54) is 12.1 Å². The normalized spacial score (nSPS) is 10.9. The summed E-state index contributed by atoms with van der Waals surface area (Å²) >= 11 is 0. The fraction of sp³-hybridized carbons (Fsp3) is 0.217. The zero-order chi connectivity index (χ0) is 20.8. The first-order valence-electron chi connectivity index (χ1n) is 9.16. The Bertz CT molecular complexity index is 948. The molecule has 0 spiro atoms. The van der Waals surface area contributed by atoms with E-state index in [-0.39, 0.29) is 11.1 Å². The van der Waals surface area contributed by atoms with Crippen LogP contribution in [0.25, 0.3) is 22.3 Å². The fourth-order valence-electron chi connectivity index (χ4n) is 2.92. The van der Waals surface area contributed by atoms with Crippen molar-refractivity contribution in [2.24, 2.45) is 0 Å². The lowest BCUT2D eigenvalue weighted by atomic mass is 9.99. The van der Waals surface area contributed by atoms with Gasteiger partial charge in [0.15, 0.2) is 17.5 Å². The van der Waals surface area contributed by atoms with Gasteiger partial charge in [0.25, 0.3) is 0 Å². The van der Waals surface area contributed by atoms with E-state index in [4.69, 9.17) is 9.47 Å². The van der Waals surface area contributed by atoms with Crippen molar-refractivity contribution in [3.63, 3.8) is 0 Å². The number of benzene rings is 3. The van der Waals surface area contributed by atoms with Crippen LogP contribution >= 0.6 is 0 Å². The number of hydrogen-bond acceptors (Lipinski definition) is 2. The number of hydrogen-bond donors (Lipinski definition) is 0. The van der Waals surface area contributed by atoms with Crippen molar-refractivity contribution in [1.29, 1.82) is 0 Å². The second kappa shape index (κ2) is 9.56. The van der Waals surface area contributed by atoms with E-state index in [1.807, 2.05) is 0 Å². The summed E-state index contributed by atoms with van der Waals surface area (Å²) < 4.78 is 65.2. The van der Waals surface area contributed by atoms with Gasteiger partial charge in [-0.25, -0.2) is 17.6 Å². The first-order valence-corrected chi connectivity index (χ1v) is 9.16. The van der Waals surface area contributed by atoms with Gasteiger partial charge in [0.1, 0.15) is 11.6 Å². The van der Waals surface area contributed by atoms with Gasteiger partial charge in [-0.05, 0) is 59.9 Å². The maximum absolute atomic E-state index is 14.6. The van der Waals surface area contributed by atoms with Crippen molar-refractivity contribution < 1.29 is 27.0 Å². The lowest BCUT2D eigenvalue weighted by molar-refractivity contribution is 0.184. The van der Waals surface area contributed by atoms with E-state index in [1.54, 1.807) is 37.4 Å². The number of methoxy groups -OCH3 is 1. The van der Waals surface area contributed by atoms with E-state index in [0.29, 0.717) is 24.5 Å². The van der Waals surface area contributed by atoms with E-state index in [0.717, 1.165) is 30.5 Å². The van der Waals surface area contributed by atoms with Crippen LogP contribution in [0.3, 0.4) is 0 Å². The van der Waals surface area contributed by atoms with Gasteiger partial charge >= 0.3 is 0 Å². The van der Waals surface area contributed by atoms with Crippen LogP contribution in [0.2, 0.25) is 0 Å². The lowest BCUT2D eigenvalue weighted by Gasteiger charge is -2.09. The summed E-state index contributed by atoms with van der Waals surface area (Å²) in [4.78, 5) is 0. The molecule has 0 unspecified atom stereocenters. The first-order chi connectivity index (χ1) is 14.0. The molecule has 0 bridgehead atoms. The Morgan fingerprint density at radius 1 is 0.655 bits per heavy atom. The van der Waals surface area contributed by atoms with Crippen LogP contribution in [-0.2, 0) is 4.74 Å². The third kappa shape index (κ3) is 5.15. The number of halogens is 4. The summed E-state index contributed by atoms with van der Waals surface area (Å²) in [7, 11) is 1.66. The Labute approximate surface area is 166 Å². The van der Waals surface area contributed by atoms with E-state index < -0.39 is 23.3 Å². The Balaban J connectivity index is 1.73. The summed E-state index contributed by atoms with van der Waals surface area (Å²) in [5.74, 6) is -4.25. The van der Waals surface area contributed by atoms with E-state index in [2.05, 4.69) is 0 Å². The Morgan fingerprint density at radius 3 is 1.86 bits per heavy atom. The molecule has 6 heteroatoms. The molecule has 3 aromatic carbocycles. The summed E-state index contributed by atoms with van der Waals surface area (Å²) in [6.45, 7) is 1.28. The standard InChI is InChI=1S/C23H20F4O2/c1-28-10-2-3-11-29-18-7-4-15(5-8-18)16-6-9-19(20(24)12-16)17-13-21(25)23(27)22(26)14-17/h4-9,12-14H,2-3,10-11H2,1H3. The molecule has 29 heavy (non-hydrogen) atoms. The lowest BCUT2D eigenvalue weighted by Crippen LogP contribution is -1.99. The second-order valence-corrected chi connectivity index (χ2v) is 6.52. The van der Waals surface area contributed by atoms with Gasteiger partial charge in [0, 0.05) is 19.3 Å². The average Bonchev–Trinajstić information content (AvgIpc) is 2.72. The summed E-state index contributed by atoms with van der Waals surface area (Å²) in [6.07, 6.45) is 1.80. The molecule has 0 radical (unpaired) electrons. The minimum absolute atomic E-state index is 0.0115. The van der Waals surface area contributed by atoms with Crippen LogP contribution in [-0.4, -0.2) is 20.3 Å². The molecule has 152 valence electrons. The zero-order valence-electron chi connectivity index (χ0n) is 15.9. The van der Waals surface area contributed by atoms with E-state index >= 15 is 0 Å². The van der Waals surface area contributed by atoms with Crippen molar-refractivity contribution in [3.8, 4) is 28.0 Å². The highest BCUT2D eigenvalue weighted by Gasteiger charge is 2.14. The van der Waals surface area contributed by atoms with Crippen LogP contribution in [0.15, 0.2) is 54.6 Å². The molecule has 0 aromatic heterocycles. The molecule has 0 saturated carbocycles. The van der Waals surface area contributed by atoms with Crippen LogP contribution in [0, 0.1) is 23.3 Å². The molecule has 0 aliphatic heterocycles. The molecule has 2 nitrogen and oxygen atoms in total. The van der Waals surface area contributed by atoms with Crippen molar-refractivity contribution >= 4 is 0 Å². The highest BCUT2D eigenvalue weighted by Crippen LogP contribution is 2.30. The first kappa shape index (κ1) is 20.9. The van der Waals surface area contributed by atoms with Crippen molar-refractivity contribution in [3.05, 3.63) is 77.9 Å². The van der Waals surface area contributed by atoms with Crippen LogP contribution in [0.1, 0.15) is 12.8 Å². The van der Waals surface area contributed by atoms with Gasteiger partial charge in [-0.15, -0.1) is 0 Å². The molecule has 0 fully saturated rings. The van der Waals surface area contributed by atoms with Gasteiger partial charge in [-0.3, -0.25) is 0 Å². The third-order valence-electron chi connectivity index (χ3n) is 4.46. The molecule has 0 aliphatic carbocycles. The molecule has 0 heterocycles. The molecule has 0 N–H and O–H groups in total. The predicted molar refractivity (Wildman–Crippen MR) is 104 cm³/mol. The highest BCUT2D eigenvalue weighted by molar-refractivity contribution is 5.71. The Hall–Kier alpha value is -2.86. The molecule has 0 amide bonds. The smallest absolute Gasteiger partial charge is 0.194 e. The zero-order valence-corrected chi connectivity index (χ0v) is 15.9. The Kier molecular flexibility index (Phi) is 6.88. The number of rotatable bonds is 8. The molecular weight excluding hydrogens is 384 g/mol. The summed E-state index contributed by atoms with van der Waals surface area (Å²) in [5, 5.41) is 0. The van der Waals surface area contributed by atoms with Crippen molar-refractivity contribution in [2.45, 2.75) is 12.8 Å². The monoisotopic (exact) mass is 404 g/mol. The quantitative estimate of drug-likeness (QED) is 0.246. The maximum atomic E-state index is 14.6. The van der Waals surface area contributed by atoms with Gasteiger partial charge in [-0.1, -0.05) is 24.3 Å². The average molecular weight is 404 g/mol. The van der Waals surface area contributed by atoms with Gasteiger partial charge in [-0.2, -0.15) is 0 Å². The largest absolute Gasteiger partial charge is 0.494 e. The Morgan fingerprint density at radius 2 is 1.24 bits per heavy atom. The molecule has 3 aromatic rings. The molecule has 0 saturated heterocycles. The predicted octanol–water partition coefficient (Wildman–Crippen LogP) is 6.38. The summed E-state index contributed by atoms with van der Waals surface area (Å²) in [6, 6.07) is 13.1. The number of ether oxygens (including phenoxy) is 2. The van der Waals surface area contributed by atoms with Crippen LogP contribution in [0.5, 0.6) is 5.75 Å². The number of unbranched alkanes of at least 4 members (excludes halogenated alkanes) is 1. The highest BCUT2D eigenvalue weighted by atomic mass is 19.2. The van der Waals surface area contributed by atoms with Crippen molar-refractivity contribution in [1.82, 2.24) is 0 Å². The topological polar surface area (TPSA) is 18.5 Å². The van der Waals surface area contributed by atoms with Gasteiger partial charge < -0.3 is 9.47 Å². The molecule has 0 atom stereocenters. The van der Waals surface area contributed by atoms with Gasteiger partial charge in [0.2, 0.25) is 0 Å². The minimum atomic E-state index is -1.58. The summed E-state index contributed by atoms with van der Waals surface area (Å²) in [5.41, 5.74) is 1.28. The molecular formula is C23H20F4O2.